The maximum absolute atomic E-state index is 11.2. The average Bonchev–Trinajstić information content (AvgIpc) is 3.71. The van der Waals surface area contributed by atoms with Crippen LogP contribution in [0.5, 0.6) is 11.5 Å². The molecule has 3 heterocycles. The van der Waals surface area contributed by atoms with Gasteiger partial charge in [-0.3, -0.25) is 0 Å². The van der Waals surface area contributed by atoms with Crippen LogP contribution in [-0.4, -0.2) is 88.4 Å². The van der Waals surface area contributed by atoms with Crippen LogP contribution in [0.1, 0.15) is 74.8 Å². The fourth-order valence-electron chi connectivity index (χ4n) is 6.50. The highest BCUT2D eigenvalue weighted by Crippen LogP contribution is 2.32. The van der Waals surface area contributed by atoms with E-state index in [0.29, 0.717) is 43.6 Å². The second-order valence-corrected chi connectivity index (χ2v) is 13.3. The summed E-state index contributed by atoms with van der Waals surface area (Å²) in [7, 11) is 0. The largest absolute Gasteiger partial charge is 0.493 e. The molecule has 11 nitrogen and oxygen atoms in total. The van der Waals surface area contributed by atoms with Gasteiger partial charge in [0.25, 0.3) is 0 Å². The van der Waals surface area contributed by atoms with Crippen LogP contribution in [0, 0.1) is 5.92 Å². The van der Waals surface area contributed by atoms with Crippen LogP contribution in [0.2, 0.25) is 0 Å². The molecule has 262 valence electrons. The maximum Gasteiger partial charge on any atom is 0.352 e. The van der Waals surface area contributed by atoms with Crippen molar-refractivity contribution < 1.29 is 38.7 Å². The molecule has 2 aromatic heterocycles. The number of aromatic carboxylic acids is 1. The Hall–Kier alpha value is -3.61. The van der Waals surface area contributed by atoms with E-state index < -0.39 is 11.6 Å². The highest BCUT2D eigenvalue weighted by Gasteiger charge is 2.33. The third-order valence-corrected chi connectivity index (χ3v) is 9.57. The van der Waals surface area contributed by atoms with Crippen molar-refractivity contribution in [3.05, 3.63) is 60.0 Å². The summed E-state index contributed by atoms with van der Waals surface area (Å²) in [5, 5.41) is 31.1. The van der Waals surface area contributed by atoms with Crippen molar-refractivity contribution in [1.29, 1.82) is 0 Å². The molecule has 0 spiro atoms. The molecule has 0 radical (unpaired) electrons. The molecule has 1 aliphatic heterocycles. The topological polar surface area (TPSA) is 164 Å². The van der Waals surface area contributed by atoms with E-state index in [1.807, 2.05) is 43.3 Å². The van der Waals surface area contributed by atoms with E-state index in [0.717, 1.165) is 92.2 Å². The highest BCUT2D eigenvalue weighted by molar-refractivity contribution is 5.96. The monoisotopic (exact) mass is 665 g/mol. The Morgan fingerprint density at radius 1 is 1.10 bits per heavy atom. The molecule has 1 aliphatic carbocycles. The van der Waals surface area contributed by atoms with Crippen molar-refractivity contribution in [2.24, 2.45) is 11.7 Å². The van der Waals surface area contributed by atoms with Gasteiger partial charge in [-0.25, -0.2) is 4.79 Å². The Balaban J connectivity index is 0.000000214. The van der Waals surface area contributed by atoms with Gasteiger partial charge in [0.05, 0.1) is 24.6 Å². The molecule has 1 saturated carbocycles. The number of carboxylic acid groups (broad SMARTS) is 1. The number of nitrogens with zero attached hydrogens (tertiary/aromatic N) is 1. The number of ether oxygens (including phenoxy) is 3. The number of nitrogens with one attached hydrogen (secondary N) is 1. The molecule has 2 aromatic carbocycles. The summed E-state index contributed by atoms with van der Waals surface area (Å²) in [4.78, 5) is 16.5. The van der Waals surface area contributed by atoms with E-state index in [1.54, 1.807) is 12.3 Å². The molecule has 0 unspecified atom stereocenters. The number of aromatic nitrogens is 1. The molecule has 2 aliphatic rings. The predicted octanol–water partition coefficient (Wildman–Crippen LogP) is 5.71. The van der Waals surface area contributed by atoms with Gasteiger partial charge in [-0.15, -0.1) is 0 Å². The number of aromatic amines is 1. The Kier molecular flexibility index (Phi) is 12.4. The summed E-state index contributed by atoms with van der Waals surface area (Å²) < 4.78 is 22.7. The summed E-state index contributed by atoms with van der Waals surface area (Å²) in [5.41, 5.74) is 7.86. The number of aliphatic hydroxyl groups excluding tert-OH is 1. The van der Waals surface area contributed by atoms with Crippen molar-refractivity contribution in [2.75, 3.05) is 39.5 Å². The van der Waals surface area contributed by atoms with E-state index in [-0.39, 0.29) is 17.8 Å². The lowest BCUT2D eigenvalue weighted by atomic mass is 9.80. The molecule has 0 amide bonds. The van der Waals surface area contributed by atoms with Gasteiger partial charge >= 0.3 is 5.97 Å². The number of benzene rings is 2. The molecule has 0 bridgehead atoms. The molecule has 6 N–H and O–H groups in total. The first kappa shape index (κ1) is 35.7. The van der Waals surface area contributed by atoms with Gasteiger partial charge in [0.2, 0.25) is 0 Å². The van der Waals surface area contributed by atoms with Crippen LogP contribution in [0.4, 0.5) is 0 Å². The Bertz CT molecular complexity index is 1610. The maximum atomic E-state index is 11.2. The minimum Gasteiger partial charge on any atom is -0.493 e. The molecule has 1 saturated heterocycles. The van der Waals surface area contributed by atoms with E-state index in [2.05, 4.69) is 16.8 Å². The van der Waals surface area contributed by atoms with Gasteiger partial charge in [-0.1, -0.05) is 13.0 Å². The number of likely N-dealkylation sites (tertiary alicyclic amines) is 1. The number of furan rings is 1. The minimum absolute atomic E-state index is 0.128. The molecule has 11 heteroatoms. The normalized spacial score (nSPS) is 23.1. The second kappa shape index (κ2) is 16.7. The summed E-state index contributed by atoms with van der Waals surface area (Å²) >= 11 is 0. The van der Waals surface area contributed by atoms with Crippen molar-refractivity contribution in [3.63, 3.8) is 0 Å². The first-order valence-corrected chi connectivity index (χ1v) is 17.2. The third kappa shape index (κ3) is 9.51. The highest BCUT2D eigenvalue weighted by atomic mass is 16.5. The second-order valence-electron chi connectivity index (χ2n) is 13.3. The standard InChI is InChI=1S/C23H23NO6.C14H28N2O2/c1-2-27-9-4-10-28-16-7-8-17-15(14-30-22(17)11-16)13-29-21-6-3-5-19-18(21)12-20(24-19)23(25)26;1-11-10-16(8-4-13(11)17)9-7-14(18)5-2-12(15)3-6-14/h3,5-8,11-12,14,24H,2,4,9-10,13H2,1H3,(H,25,26);11-13,17-18H,2-10,15H2,1H3/t;11-,12?,13-,14?/m.0/s1. The smallest absolute Gasteiger partial charge is 0.352 e. The van der Waals surface area contributed by atoms with Crippen molar-refractivity contribution in [2.45, 2.75) is 83.1 Å². The molecular formula is C37H51N3O8. The lowest BCUT2D eigenvalue weighted by molar-refractivity contribution is -0.0252. The zero-order valence-electron chi connectivity index (χ0n) is 28.2. The van der Waals surface area contributed by atoms with Crippen molar-refractivity contribution in [1.82, 2.24) is 9.88 Å². The number of H-pyrrole nitrogens is 1. The molecule has 4 aromatic rings. The summed E-state index contributed by atoms with van der Waals surface area (Å²) in [6.45, 7) is 9.21. The lowest BCUT2D eigenvalue weighted by Gasteiger charge is -2.39. The summed E-state index contributed by atoms with van der Waals surface area (Å²) in [6.07, 6.45) is 7.67. The first-order chi connectivity index (χ1) is 23.1. The van der Waals surface area contributed by atoms with E-state index in [4.69, 9.17) is 24.4 Å². The van der Waals surface area contributed by atoms with E-state index in [9.17, 15) is 20.1 Å². The number of hydrogen-bond acceptors (Lipinski definition) is 9. The summed E-state index contributed by atoms with van der Waals surface area (Å²) in [6, 6.07) is 13.1. The van der Waals surface area contributed by atoms with Gasteiger partial charge < -0.3 is 49.6 Å². The fourth-order valence-corrected chi connectivity index (χ4v) is 6.50. The number of nitrogens with two attached hydrogens (primary N) is 1. The van der Waals surface area contributed by atoms with Gasteiger partial charge in [0.15, 0.2) is 0 Å². The Morgan fingerprint density at radius 2 is 1.92 bits per heavy atom. The summed E-state index contributed by atoms with van der Waals surface area (Å²) in [5.74, 6) is 0.709. The number of aliphatic hydroxyl groups is 2. The first-order valence-electron chi connectivity index (χ1n) is 17.2. The lowest BCUT2D eigenvalue weighted by Crippen LogP contribution is -2.45. The van der Waals surface area contributed by atoms with Gasteiger partial charge in [-0.05, 0) is 81.7 Å². The molecule has 48 heavy (non-hydrogen) atoms. The van der Waals surface area contributed by atoms with Crippen LogP contribution in [0.3, 0.4) is 0 Å². The van der Waals surface area contributed by atoms with Crippen molar-refractivity contribution >= 4 is 27.8 Å². The van der Waals surface area contributed by atoms with E-state index >= 15 is 0 Å². The van der Waals surface area contributed by atoms with Crippen molar-refractivity contribution in [3.8, 4) is 11.5 Å². The quantitative estimate of drug-likeness (QED) is 0.112. The number of carboxylic acids is 1. The number of fused-ring (bicyclic) bond motifs is 2. The average molecular weight is 666 g/mol. The number of piperidine rings is 1. The number of hydrogen-bond donors (Lipinski definition) is 5. The third-order valence-electron chi connectivity index (χ3n) is 9.57. The Morgan fingerprint density at radius 3 is 2.67 bits per heavy atom. The zero-order chi connectivity index (χ0) is 34.1. The van der Waals surface area contributed by atoms with Crippen LogP contribution < -0.4 is 15.2 Å². The minimum atomic E-state index is -1.01. The molecule has 2 fully saturated rings. The zero-order valence-corrected chi connectivity index (χ0v) is 28.2. The molecular weight excluding hydrogens is 614 g/mol. The van der Waals surface area contributed by atoms with Gasteiger partial charge in [0, 0.05) is 73.2 Å². The van der Waals surface area contributed by atoms with Crippen LogP contribution in [0.25, 0.3) is 21.9 Å². The SMILES string of the molecule is CCOCCCOc1ccc2c(COc3cccc4[nH]c(C(=O)O)cc34)coc2c1.C[C@H]1CN(CCC2(O)CCC(N)CC2)CC[C@@H]1O. The number of carbonyl (C=O) groups is 1. The van der Waals surface area contributed by atoms with Gasteiger partial charge in [0.1, 0.15) is 29.4 Å². The molecule has 6 rings (SSSR count). The fraction of sp³-hybridized carbons (Fsp3) is 0.541. The Labute approximate surface area is 281 Å². The molecule has 2 atom stereocenters. The van der Waals surface area contributed by atoms with Crippen LogP contribution in [0.15, 0.2) is 53.1 Å². The van der Waals surface area contributed by atoms with E-state index in [1.165, 1.54) is 0 Å². The number of rotatable bonds is 13. The predicted molar refractivity (Wildman–Crippen MR) is 185 cm³/mol. The van der Waals surface area contributed by atoms with Crippen LogP contribution >= 0.6 is 0 Å². The van der Waals surface area contributed by atoms with Gasteiger partial charge in [-0.2, -0.15) is 0 Å². The van der Waals surface area contributed by atoms with Crippen LogP contribution in [-0.2, 0) is 11.3 Å².